The SMILES string of the molecule is COC(=O)C1=C(C)NC2=C(C(=O)c3ccccc32)C12C(=O)Nc1ccc([N+](=O)[O-])cc12. The highest BCUT2D eigenvalue weighted by molar-refractivity contribution is 6.31. The highest BCUT2D eigenvalue weighted by atomic mass is 16.6. The molecule has 2 aromatic rings. The van der Waals surface area contributed by atoms with Crippen molar-refractivity contribution in [2.24, 2.45) is 0 Å². The van der Waals surface area contributed by atoms with Gasteiger partial charge < -0.3 is 15.4 Å². The molecule has 1 atom stereocenters. The first-order valence-corrected chi connectivity index (χ1v) is 9.38. The van der Waals surface area contributed by atoms with Crippen LogP contribution in [0.2, 0.25) is 0 Å². The fraction of sp³-hybridized carbons (Fsp3) is 0.136. The van der Waals surface area contributed by atoms with Crippen molar-refractivity contribution in [3.8, 4) is 0 Å². The van der Waals surface area contributed by atoms with Crippen LogP contribution >= 0.6 is 0 Å². The van der Waals surface area contributed by atoms with Crippen molar-refractivity contribution in [2.45, 2.75) is 12.3 Å². The number of amides is 1. The van der Waals surface area contributed by atoms with E-state index in [9.17, 15) is 24.5 Å². The average molecular weight is 417 g/mol. The Morgan fingerprint density at radius 1 is 1.10 bits per heavy atom. The number of dihydropyridines is 1. The molecule has 5 rings (SSSR count). The van der Waals surface area contributed by atoms with Crippen LogP contribution < -0.4 is 10.6 Å². The molecule has 0 saturated heterocycles. The molecule has 31 heavy (non-hydrogen) atoms. The molecule has 2 N–H and O–H groups in total. The molecule has 1 amide bonds. The summed E-state index contributed by atoms with van der Waals surface area (Å²) in [6, 6.07) is 10.7. The standard InChI is InChI=1S/C22H15N3O6/c1-10-16(20(27)31-2)22(14-9-11(25(29)30)7-8-15(14)24-21(22)28)17-18(23-10)12-5-3-4-6-13(12)19(17)26/h3-9,23H,1-2H3,(H,24,28). The molecule has 0 aromatic heterocycles. The summed E-state index contributed by atoms with van der Waals surface area (Å²) in [4.78, 5) is 50.9. The van der Waals surface area contributed by atoms with Crippen LogP contribution in [0.25, 0.3) is 5.70 Å². The van der Waals surface area contributed by atoms with E-state index in [0.717, 1.165) is 0 Å². The van der Waals surface area contributed by atoms with Gasteiger partial charge in [0, 0.05) is 45.8 Å². The summed E-state index contributed by atoms with van der Waals surface area (Å²) in [5, 5.41) is 17.3. The van der Waals surface area contributed by atoms with Crippen LogP contribution in [-0.4, -0.2) is 29.7 Å². The number of nitrogens with zero attached hydrogens (tertiary/aromatic N) is 1. The molecule has 9 heteroatoms. The number of carbonyl (C=O) groups excluding carboxylic acids is 3. The van der Waals surface area contributed by atoms with Crippen molar-refractivity contribution in [1.82, 2.24) is 5.32 Å². The number of non-ortho nitro benzene ring substituents is 1. The van der Waals surface area contributed by atoms with Crippen molar-refractivity contribution in [2.75, 3.05) is 12.4 Å². The van der Waals surface area contributed by atoms with E-state index in [4.69, 9.17) is 4.74 Å². The number of nitrogens with one attached hydrogen (secondary N) is 2. The number of esters is 1. The van der Waals surface area contributed by atoms with Gasteiger partial charge in [-0.05, 0) is 13.0 Å². The fourth-order valence-electron chi connectivity index (χ4n) is 4.73. The van der Waals surface area contributed by atoms with Gasteiger partial charge in [0.25, 0.3) is 5.69 Å². The number of carbonyl (C=O) groups is 3. The molecule has 9 nitrogen and oxygen atoms in total. The lowest BCUT2D eigenvalue weighted by molar-refractivity contribution is -0.384. The monoisotopic (exact) mass is 417 g/mol. The van der Waals surface area contributed by atoms with Crippen LogP contribution in [0.1, 0.15) is 28.4 Å². The minimum Gasteiger partial charge on any atom is -0.466 e. The zero-order valence-electron chi connectivity index (χ0n) is 16.4. The number of hydrogen-bond donors (Lipinski definition) is 2. The number of anilines is 1. The van der Waals surface area contributed by atoms with Gasteiger partial charge in [-0.25, -0.2) is 4.79 Å². The minimum atomic E-state index is -1.88. The third-order valence-electron chi connectivity index (χ3n) is 5.95. The van der Waals surface area contributed by atoms with E-state index in [-0.39, 0.29) is 22.4 Å². The molecule has 0 bridgehead atoms. The highest BCUT2D eigenvalue weighted by Gasteiger charge is 2.62. The number of methoxy groups -OCH3 is 1. The van der Waals surface area contributed by atoms with Gasteiger partial charge in [-0.2, -0.15) is 0 Å². The van der Waals surface area contributed by atoms with Crippen molar-refractivity contribution >= 4 is 34.7 Å². The number of fused-ring (bicyclic) bond motifs is 5. The Morgan fingerprint density at radius 3 is 2.48 bits per heavy atom. The molecule has 0 fully saturated rings. The average Bonchev–Trinajstić information content (AvgIpc) is 3.19. The summed E-state index contributed by atoms with van der Waals surface area (Å²) in [6.07, 6.45) is 0. The predicted molar refractivity (Wildman–Crippen MR) is 109 cm³/mol. The van der Waals surface area contributed by atoms with Gasteiger partial charge >= 0.3 is 5.97 Å². The summed E-state index contributed by atoms with van der Waals surface area (Å²) >= 11 is 0. The number of ketones is 1. The van der Waals surface area contributed by atoms with E-state index in [0.29, 0.717) is 28.2 Å². The number of nitro benzene ring substituents is 1. The molecule has 1 aliphatic carbocycles. The number of Topliss-reactive ketones (excluding diaryl/α,β-unsaturated/α-hetero) is 1. The number of hydrogen-bond acceptors (Lipinski definition) is 7. The lowest BCUT2D eigenvalue weighted by Gasteiger charge is -2.35. The largest absolute Gasteiger partial charge is 0.466 e. The smallest absolute Gasteiger partial charge is 0.337 e. The molecule has 2 heterocycles. The Morgan fingerprint density at radius 2 is 1.81 bits per heavy atom. The van der Waals surface area contributed by atoms with E-state index in [1.54, 1.807) is 31.2 Å². The highest BCUT2D eigenvalue weighted by Crippen LogP contribution is 2.56. The van der Waals surface area contributed by atoms with Gasteiger partial charge in [-0.1, -0.05) is 24.3 Å². The van der Waals surface area contributed by atoms with E-state index >= 15 is 0 Å². The van der Waals surface area contributed by atoms with Crippen LogP contribution in [0.15, 0.2) is 59.3 Å². The van der Waals surface area contributed by atoms with Gasteiger partial charge in [0.05, 0.1) is 23.3 Å². The first kappa shape index (κ1) is 18.7. The number of ether oxygens (including phenoxy) is 1. The molecule has 0 radical (unpaired) electrons. The second-order valence-corrected chi connectivity index (χ2v) is 7.43. The number of allylic oxidation sites excluding steroid dienone is 1. The third-order valence-corrected chi connectivity index (χ3v) is 5.95. The maximum atomic E-state index is 13.6. The normalized spacial score (nSPS) is 20.8. The summed E-state index contributed by atoms with van der Waals surface area (Å²) in [6.45, 7) is 1.60. The maximum Gasteiger partial charge on any atom is 0.337 e. The van der Waals surface area contributed by atoms with Gasteiger partial charge in [0.1, 0.15) is 5.41 Å². The molecular formula is C22H15N3O6. The summed E-state index contributed by atoms with van der Waals surface area (Å²) in [5.41, 5.74) is -0.00584. The van der Waals surface area contributed by atoms with Crippen molar-refractivity contribution in [1.29, 1.82) is 0 Å². The van der Waals surface area contributed by atoms with Crippen molar-refractivity contribution in [3.63, 3.8) is 0 Å². The Balaban J connectivity index is 1.91. The first-order chi connectivity index (χ1) is 14.8. The van der Waals surface area contributed by atoms with Crippen LogP contribution in [0, 0.1) is 10.1 Å². The predicted octanol–water partition coefficient (Wildman–Crippen LogP) is 2.44. The Kier molecular flexibility index (Phi) is 3.70. The Hall–Kier alpha value is -4.27. The number of benzene rings is 2. The Bertz CT molecular complexity index is 1320. The van der Waals surface area contributed by atoms with Gasteiger partial charge in [0.15, 0.2) is 5.78 Å². The zero-order valence-corrected chi connectivity index (χ0v) is 16.4. The molecule has 2 aromatic carbocycles. The van der Waals surface area contributed by atoms with E-state index in [1.165, 1.54) is 25.3 Å². The molecule has 1 spiro atoms. The summed E-state index contributed by atoms with van der Waals surface area (Å²) in [5.74, 6) is -1.88. The number of rotatable bonds is 2. The first-order valence-electron chi connectivity index (χ1n) is 9.38. The van der Waals surface area contributed by atoms with Crippen molar-refractivity contribution < 1.29 is 24.0 Å². The molecule has 3 aliphatic rings. The molecule has 154 valence electrons. The second kappa shape index (κ2) is 6.11. The summed E-state index contributed by atoms with van der Waals surface area (Å²) < 4.78 is 4.96. The fourth-order valence-corrected chi connectivity index (χ4v) is 4.73. The minimum absolute atomic E-state index is 0.0523. The molecule has 0 saturated carbocycles. The molecule has 1 unspecified atom stereocenters. The van der Waals surface area contributed by atoms with Gasteiger partial charge in [-0.15, -0.1) is 0 Å². The van der Waals surface area contributed by atoms with Crippen LogP contribution in [0.3, 0.4) is 0 Å². The van der Waals surface area contributed by atoms with Crippen LogP contribution in [0.4, 0.5) is 11.4 Å². The molecular weight excluding hydrogens is 402 g/mol. The van der Waals surface area contributed by atoms with Crippen molar-refractivity contribution in [3.05, 3.63) is 86.1 Å². The zero-order chi connectivity index (χ0) is 22.1. The van der Waals surface area contributed by atoms with E-state index < -0.39 is 28.0 Å². The second-order valence-electron chi connectivity index (χ2n) is 7.43. The van der Waals surface area contributed by atoms with E-state index in [1.807, 2.05) is 0 Å². The van der Waals surface area contributed by atoms with Crippen LogP contribution in [-0.2, 0) is 19.7 Å². The summed E-state index contributed by atoms with van der Waals surface area (Å²) in [7, 11) is 1.17. The topological polar surface area (TPSA) is 128 Å². The molecule has 2 aliphatic heterocycles. The van der Waals surface area contributed by atoms with Gasteiger partial charge in [0.2, 0.25) is 5.91 Å². The lowest BCUT2D eigenvalue weighted by atomic mass is 9.66. The maximum absolute atomic E-state index is 13.6. The van der Waals surface area contributed by atoms with E-state index in [2.05, 4.69) is 10.6 Å². The Labute approximate surface area is 175 Å². The quantitative estimate of drug-likeness (QED) is 0.436. The van der Waals surface area contributed by atoms with Gasteiger partial charge in [-0.3, -0.25) is 19.7 Å². The lowest BCUT2D eigenvalue weighted by Crippen LogP contribution is -2.47. The number of nitro groups is 1. The van der Waals surface area contributed by atoms with Crippen LogP contribution in [0.5, 0.6) is 0 Å². The third kappa shape index (κ3) is 2.17.